The Labute approximate surface area is 218 Å². The van der Waals surface area contributed by atoms with Crippen molar-refractivity contribution >= 4 is 24.8 Å². The number of rotatable bonds is 9. The minimum Gasteiger partial charge on any atom is -0.426 e. The third kappa shape index (κ3) is 8.47. The Morgan fingerprint density at radius 1 is 1.13 bits per heavy atom. The number of aromatic nitrogens is 1. The zero-order valence-electron chi connectivity index (χ0n) is 20.5. The van der Waals surface area contributed by atoms with Gasteiger partial charge in [-0.2, -0.15) is 18.4 Å². The average Bonchev–Trinajstić information content (AvgIpc) is 2.88. The fourth-order valence-electron chi connectivity index (χ4n) is 3.64. The van der Waals surface area contributed by atoms with Gasteiger partial charge in [-0.3, -0.25) is 4.98 Å². The minimum atomic E-state index is -4.51. The molecule has 0 fully saturated rings. The van der Waals surface area contributed by atoms with Gasteiger partial charge in [-0.25, -0.2) is 4.79 Å². The van der Waals surface area contributed by atoms with E-state index in [1.807, 2.05) is 43.3 Å². The number of hydrogen-bond acceptors (Lipinski definition) is 5. The topological polar surface area (TPSA) is 118 Å². The number of allylic oxidation sites excluding steroid dienone is 1. The van der Waals surface area contributed by atoms with E-state index in [4.69, 9.17) is 0 Å². The summed E-state index contributed by atoms with van der Waals surface area (Å²) in [6.07, 6.45) is -1.61. The minimum absolute atomic E-state index is 0.107. The summed E-state index contributed by atoms with van der Waals surface area (Å²) in [4.78, 5) is 16.1. The standard InChI is InChI=1S/C27H26BF3N4O3/c1-18-5-7-20(8-6-18)15-25(28(37)38)35-26(36)33-12-11-19-3-2-4-21(13-19)14-22(16-32)24-10-9-23(17-34-24)27(29,30)31/h2-10,13-14,17,25,37-38H,11-12,15H2,1H3,(H2,33,35,36). The van der Waals surface area contributed by atoms with Crippen LogP contribution in [0.5, 0.6) is 0 Å². The molecule has 1 aromatic heterocycles. The summed E-state index contributed by atoms with van der Waals surface area (Å²) in [7, 11) is -1.74. The lowest BCUT2D eigenvalue weighted by Crippen LogP contribution is -2.51. The van der Waals surface area contributed by atoms with Crippen LogP contribution in [-0.4, -0.2) is 40.7 Å². The predicted molar refractivity (Wildman–Crippen MR) is 138 cm³/mol. The molecule has 4 N–H and O–H groups in total. The third-order valence-electron chi connectivity index (χ3n) is 5.70. The van der Waals surface area contributed by atoms with E-state index in [-0.39, 0.29) is 24.2 Å². The molecule has 0 aliphatic heterocycles. The zero-order chi connectivity index (χ0) is 27.7. The van der Waals surface area contributed by atoms with Crippen molar-refractivity contribution in [2.75, 3.05) is 6.54 Å². The van der Waals surface area contributed by atoms with E-state index in [1.54, 1.807) is 18.2 Å². The molecule has 0 aliphatic carbocycles. The molecule has 3 rings (SSSR count). The van der Waals surface area contributed by atoms with Gasteiger partial charge in [-0.15, -0.1) is 0 Å². The van der Waals surface area contributed by atoms with Crippen LogP contribution in [0.2, 0.25) is 0 Å². The number of benzene rings is 2. The van der Waals surface area contributed by atoms with Gasteiger partial charge in [0.05, 0.1) is 22.8 Å². The highest BCUT2D eigenvalue weighted by Crippen LogP contribution is 2.29. The van der Waals surface area contributed by atoms with Crippen LogP contribution >= 0.6 is 0 Å². The first kappa shape index (κ1) is 28.4. The molecule has 1 unspecified atom stereocenters. The first-order chi connectivity index (χ1) is 18.0. The lowest BCUT2D eigenvalue weighted by atomic mass is 9.76. The number of hydrogen-bond donors (Lipinski definition) is 4. The maximum atomic E-state index is 12.8. The van der Waals surface area contributed by atoms with Gasteiger partial charge in [-0.05, 0) is 54.7 Å². The molecule has 0 saturated carbocycles. The number of carbonyl (C=O) groups is 1. The smallest absolute Gasteiger partial charge is 0.426 e. The summed E-state index contributed by atoms with van der Waals surface area (Å²) in [5.41, 5.74) is 2.74. The van der Waals surface area contributed by atoms with E-state index in [9.17, 15) is 33.3 Å². The molecule has 0 bridgehead atoms. The van der Waals surface area contributed by atoms with Crippen LogP contribution in [0.25, 0.3) is 11.6 Å². The van der Waals surface area contributed by atoms with E-state index >= 15 is 0 Å². The number of carbonyl (C=O) groups excluding carboxylic acids is 1. The van der Waals surface area contributed by atoms with Crippen LogP contribution < -0.4 is 10.6 Å². The summed E-state index contributed by atoms with van der Waals surface area (Å²) in [6.45, 7) is 2.20. The Morgan fingerprint density at radius 3 is 2.47 bits per heavy atom. The van der Waals surface area contributed by atoms with E-state index in [2.05, 4.69) is 15.6 Å². The Hall–Kier alpha value is -4.14. The van der Waals surface area contributed by atoms with E-state index in [1.165, 1.54) is 6.08 Å². The quantitative estimate of drug-likeness (QED) is 0.251. The van der Waals surface area contributed by atoms with E-state index < -0.39 is 30.8 Å². The molecular formula is C27H26BF3N4O3. The number of aryl methyl sites for hydroxylation is 1. The zero-order valence-corrected chi connectivity index (χ0v) is 20.5. The van der Waals surface area contributed by atoms with Gasteiger partial charge in [0.1, 0.15) is 6.07 Å². The second-order valence-electron chi connectivity index (χ2n) is 8.70. The maximum Gasteiger partial charge on any atom is 0.475 e. The number of nitrogens with one attached hydrogen (secondary N) is 2. The molecule has 1 atom stereocenters. The average molecular weight is 522 g/mol. The number of amides is 2. The summed E-state index contributed by atoms with van der Waals surface area (Å²) in [5.74, 6) is -0.894. The van der Waals surface area contributed by atoms with Crippen molar-refractivity contribution in [3.05, 3.63) is 100 Å². The highest BCUT2D eigenvalue weighted by Gasteiger charge is 2.30. The molecule has 0 aliphatic rings. The molecule has 0 saturated heterocycles. The van der Waals surface area contributed by atoms with Crippen LogP contribution in [0, 0.1) is 18.3 Å². The lowest BCUT2D eigenvalue weighted by molar-refractivity contribution is -0.137. The Kier molecular flexibility index (Phi) is 9.65. The van der Waals surface area contributed by atoms with Crippen LogP contribution in [-0.2, 0) is 19.0 Å². The highest BCUT2D eigenvalue weighted by molar-refractivity contribution is 6.43. The van der Waals surface area contributed by atoms with E-state index in [0.717, 1.165) is 28.8 Å². The Bertz CT molecular complexity index is 1300. The third-order valence-corrected chi connectivity index (χ3v) is 5.70. The maximum absolute atomic E-state index is 12.8. The largest absolute Gasteiger partial charge is 0.475 e. The molecule has 2 aromatic carbocycles. The normalized spacial score (nSPS) is 12.4. The van der Waals surface area contributed by atoms with Crippen LogP contribution in [0.1, 0.15) is 33.5 Å². The molecule has 0 spiro atoms. The molecule has 0 radical (unpaired) electrons. The van der Waals surface area contributed by atoms with Crippen molar-refractivity contribution in [3.8, 4) is 6.07 Å². The Balaban J connectivity index is 1.57. The highest BCUT2D eigenvalue weighted by atomic mass is 19.4. The second-order valence-corrected chi connectivity index (χ2v) is 8.70. The van der Waals surface area contributed by atoms with Crippen LogP contribution in [0.4, 0.5) is 18.0 Å². The number of nitrogens with zero attached hydrogens (tertiary/aromatic N) is 2. The van der Waals surface area contributed by atoms with Crippen molar-refractivity contribution in [1.29, 1.82) is 5.26 Å². The van der Waals surface area contributed by atoms with Gasteiger partial charge < -0.3 is 20.7 Å². The molecular weight excluding hydrogens is 496 g/mol. The van der Waals surface area contributed by atoms with Gasteiger partial charge in [0, 0.05) is 12.7 Å². The van der Waals surface area contributed by atoms with Crippen LogP contribution in [0.3, 0.4) is 0 Å². The van der Waals surface area contributed by atoms with Crippen molar-refractivity contribution in [3.63, 3.8) is 0 Å². The number of alkyl halides is 3. The number of nitriles is 1. The molecule has 2 amide bonds. The number of urea groups is 1. The summed E-state index contributed by atoms with van der Waals surface area (Å²) < 4.78 is 38.3. The molecule has 1 heterocycles. The molecule has 7 nitrogen and oxygen atoms in total. The fourth-order valence-corrected chi connectivity index (χ4v) is 3.64. The SMILES string of the molecule is Cc1ccc(CC(NC(=O)NCCc2cccc(C=C(C#N)c3ccc(C(F)(F)F)cn3)c2)B(O)O)cc1. The molecule has 3 aromatic rings. The lowest BCUT2D eigenvalue weighted by Gasteiger charge is -2.18. The van der Waals surface area contributed by atoms with Gasteiger partial charge in [0.2, 0.25) is 0 Å². The van der Waals surface area contributed by atoms with Gasteiger partial charge in [0.25, 0.3) is 0 Å². The second kappa shape index (κ2) is 12.9. The number of pyridine rings is 1. The first-order valence-electron chi connectivity index (χ1n) is 11.8. The first-order valence-corrected chi connectivity index (χ1v) is 11.8. The van der Waals surface area contributed by atoms with Crippen molar-refractivity contribution < 1.29 is 28.0 Å². The van der Waals surface area contributed by atoms with Crippen molar-refractivity contribution in [2.24, 2.45) is 0 Å². The summed E-state index contributed by atoms with van der Waals surface area (Å²) in [6, 6.07) is 18.1. The Morgan fingerprint density at radius 2 is 1.87 bits per heavy atom. The van der Waals surface area contributed by atoms with Gasteiger partial charge in [-0.1, -0.05) is 54.1 Å². The fraction of sp³-hybridized carbons (Fsp3) is 0.222. The molecule has 11 heteroatoms. The van der Waals surface area contributed by atoms with Gasteiger partial charge in [0.15, 0.2) is 0 Å². The summed E-state index contributed by atoms with van der Waals surface area (Å²) in [5, 5.41) is 34.1. The predicted octanol–water partition coefficient (Wildman–Crippen LogP) is 3.94. The van der Waals surface area contributed by atoms with Gasteiger partial charge >= 0.3 is 19.3 Å². The number of halogens is 3. The molecule has 38 heavy (non-hydrogen) atoms. The van der Waals surface area contributed by atoms with E-state index in [0.29, 0.717) is 18.2 Å². The van der Waals surface area contributed by atoms with Crippen molar-refractivity contribution in [2.45, 2.75) is 31.9 Å². The molecule has 196 valence electrons. The monoisotopic (exact) mass is 522 g/mol. The summed E-state index contributed by atoms with van der Waals surface area (Å²) >= 11 is 0. The van der Waals surface area contributed by atoms with Crippen molar-refractivity contribution in [1.82, 2.24) is 15.6 Å². The van der Waals surface area contributed by atoms with Crippen LogP contribution in [0.15, 0.2) is 66.9 Å².